The summed E-state index contributed by atoms with van der Waals surface area (Å²) < 4.78 is 0. The van der Waals surface area contributed by atoms with Gasteiger partial charge in [-0.2, -0.15) is 0 Å². The van der Waals surface area contributed by atoms with Crippen LogP contribution in [0.4, 0.5) is 0 Å². The summed E-state index contributed by atoms with van der Waals surface area (Å²) in [6.45, 7) is 4.53. The topological polar surface area (TPSA) is 0 Å². The van der Waals surface area contributed by atoms with Crippen LogP contribution in [0.25, 0.3) is 0 Å². The highest BCUT2D eigenvalue weighted by atomic mass is 35.7. The molecule has 0 saturated carbocycles. The van der Waals surface area contributed by atoms with E-state index in [0.717, 1.165) is 0 Å². The molecule has 0 nitrogen and oxygen atoms in total. The molecule has 0 aromatic carbocycles. The Morgan fingerprint density at radius 1 is 0.667 bits per heavy atom. The lowest BCUT2D eigenvalue weighted by Gasteiger charge is -2.03. The predicted octanol–water partition coefficient (Wildman–Crippen LogP) is 6.96. The second kappa shape index (κ2) is 18.9. The highest BCUT2D eigenvalue weighted by Crippen LogP contribution is 2.15. The molecule has 0 aliphatic heterocycles. The van der Waals surface area contributed by atoms with Gasteiger partial charge in [-0.1, -0.05) is 81.6 Å². The van der Waals surface area contributed by atoms with Gasteiger partial charge >= 0.3 is 25.5 Å². The van der Waals surface area contributed by atoms with Crippen LogP contribution in [0.15, 0.2) is 0 Å². The van der Waals surface area contributed by atoms with Crippen LogP contribution >= 0.6 is 30.1 Å². The molecule has 0 aliphatic carbocycles. The zero-order valence-corrected chi connectivity index (χ0v) is 16.9. The van der Waals surface area contributed by atoms with E-state index in [9.17, 15) is 0 Å². The van der Waals surface area contributed by atoms with E-state index in [2.05, 4.69) is 13.8 Å². The number of unbranched alkanes of at least 4 members (excludes halogenated alkanes) is 6. The molecular formula is C13H29Al2Cl3. The smallest absolute Gasteiger partial charge is 0.261 e. The lowest BCUT2D eigenvalue weighted by atomic mass is 10.2. The standard InChI is InChI=1S/2C6H13.CH3.2Al.3ClH/c2*1-3-5-6-4-2;;;;;;/h2*1,3-6H2,2H3;1H3;;;3*1H/q;;;+1;+2;;;/p-3. The Bertz CT molecular complexity index is 131. The highest BCUT2D eigenvalue weighted by Gasteiger charge is 2.12. The van der Waals surface area contributed by atoms with Crippen LogP contribution in [-0.4, -0.2) is 25.5 Å². The van der Waals surface area contributed by atoms with Gasteiger partial charge in [0.1, 0.15) is 0 Å². The van der Waals surface area contributed by atoms with Gasteiger partial charge in [0.05, 0.1) is 0 Å². The van der Waals surface area contributed by atoms with Crippen molar-refractivity contribution in [2.75, 3.05) is 0 Å². The normalized spacial score (nSPS) is 9.67. The first-order valence-corrected chi connectivity index (χ1v) is 15.5. The largest absolute Gasteiger partial charge is 0.516 e. The molecule has 0 saturated heterocycles. The first kappa shape index (κ1) is 22.2. The molecule has 0 rings (SSSR count). The van der Waals surface area contributed by atoms with E-state index in [4.69, 9.17) is 30.1 Å². The van der Waals surface area contributed by atoms with Crippen molar-refractivity contribution >= 4 is 55.7 Å². The summed E-state index contributed by atoms with van der Waals surface area (Å²) in [6.07, 6.45) is 11.1. The molecule has 18 heavy (non-hydrogen) atoms. The van der Waals surface area contributed by atoms with Crippen molar-refractivity contribution in [2.45, 2.75) is 81.6 Å². The molecule has 0 aromatic heterocycles. The zero-order chi connectivity index (χ0) is 14.2. The maximum atomic E-state index is 6.38. The van der Waals surface area contributed by atoms with Crippen LogP contribution in [-0.2, 0) is 0 Å². The minimum absolute atomic E-state index is 0.815. The summed E-state index contributed by atoms with van der Waals surface area (Å²) in [5.41, 5.74) is 0. The van der Waals surface area contributed by atoms with Gasteiger partial charge in [0, 0.05) is 0 Å². The Hall–Kier alpha value is 1.93. The Morgan fingerprint density at radius 3 is 1.28 bits per heavy atom. The molecule has 0 unspecified atom stereocenters. The zero-order valence-electron chi connectivity index (χ0n) is 12.4. The first-order chi connectivity index (χ1) is 8.54. The van der Waals surface area contributed by atoms with Crippen LogP contribution in [0.5, 0.6) is 0 Å². The minimum Gasteiger partial charge on any atom is -0.261 e. The van der Waals surface area contributed by atoms with E-state index in [1.165, 1.54) is 61.9 Å². The molecule has 0 fully saturated rings. The molecule has 0 bridgehead atoms. The van der Waals surface area contributed by atoms with Gasteiger partial charge < -0.3 is 0 Å². The monoisotopic (exact) mass is 344 g/mol. The van der Waals surface area contributed by atoms with E-state index in [0.29, 0.717) is 0 Å². The molecule has 0 spiro atoms. The van der Waals surface area contributed by atoms with E-state index >= 15 is 0 Å². The van der Waals surface area contributed by atoms with E-state index in [-0.39, 0.29) is 0 Å². The van der Waals surface area contributed by atoms with Crippen molar-refractivity contribution in [1.29, 1.82) is 0 Å². The van der Waals surface area contributed by atoms with Crippen molar-refractivity contribution < 1.29 is 0 Å². The summed E-state index contributed by atoms with van der Waals surface area (Å²) >= 11 is -2.01. The average molecular weight is 346 g/mol. The van der Waals surface area contributed by atoms with Crippen LogP contribution < -0.4 is 0 Å². The molecule has 0 amide bonds. The van der Waals surface area contributed by atoms with E-state index in [1.54, 1.807) is 0 Å². The number of rotatable bonds is 10. The summed E-state index contributed by atoms with van der Waals surface area (Å²) in [5, 5.41) is 2.74. The summed E-state index contributed by atoms with van der Waals surface area (Å²) in [4.78, 5) is 0. The molecule has 0 heterocycles. The van der Waals surface area contributed by atoms with Crippen molar-refractivity contribution in [3.05, 3.63) is 0 Å². The molecule has 0 N–H and O–H groups in total. The predicted molar refractivity (Wildman–Crippen MR) is 92.8 cm³/mol. The van der Waals surface area contributed by atoms with Gasteiger partial charge in [-0.05, 0) is 0 Å². The van der Waals surface area contributed by atoms with Crippen molar-refractivity contribution in [2.24, 2.45) is 0 Å². The van der Waals surface area contributed by atoms with Crippen molar-refractivity contribution in [3.8, 4) is 0 Å². The number of hydrogen-bond donors (Lipinski definition) is 0. The van der Waals surface area contributed by atoms with Crippen molar-refractivity contribution in [1.82, 2.24) is 0 Å². The van der Waals surface area contributed by atoms with Crippen LogP contribution in [0, 0.1) is 0 Å². The fourth-order valence-electron chi connectivity index (χ4n) is 1.73. The minimum atomic E-state index is -1.19. The van der Waals surface area contributed by atoms with Gasteiger partial charge in [0.25, 0.3) is 0 Å². The quantitative estimate of drug-likeness (QED) is 0.296. The molecule has 0 aromatic rings. The molecule has 5 heteroatoms. The highest BCUT2D eigenvalue weighted by molar-refractivity contribution is 7.33. The van der Waals surface area contributed by atoms with Crippen LogP contribution in [0.2, 0.25) is 16.4 Å². The number of halogens is 3. The third kappa shape index (κ3) is 26.5. The Kier molecular flexibility index (Phi) is 23.4. The van der Waals surface area contributed by atoms with Crippen LogP contribution in [0.1, 0.15) is 65.2 Å². The fraction of sp³-hybridized carbons (Fsp3) is 1.00. The fourth-order valence-corrected chi connectivity index (χ4v) is 4.41. The first-order valence-electron chi connectivity index (χ1n) is 7.46. The third-order valence-corrected chi connectivity index (χ3v) is 6.12. The number of hydrogen-bond acceptors (Lipinski definition) is 0. The maximum absolute atomic E-state index is 6.38. The summed E-state index contributed by atoms with van der Waals surface area (Å²) in [5.74, 6) is 1.84. The Labute approximate surface area is 136 Å². The lowest BCUT2D eigenvalue weighted by molar-refractivity contribution is 0.688. The molecule has 108 valence electrons. The van der Waals surface area contributed by atoms with Gasteiger partial charge in [0.15, 0.2) is 0 Å². The molecule has 0 radical (unpaired) electrons. The molecule has 0 aliphatic rings. The Morgan fingerprint density at radius 2 is 1.00 bits per heavy atom. The van der Waals surface area contributed by atoms with Crippen molar-refractivity contribution in [3.63, 3.8) is 0 Å². The SMILES string of the molecule is CCCCC[CH2][Al]([Cl])[CH2]CCCCC.[CH3][Al]([Cl])[Cl]. The van der Waals surface area contributed by atoms with E-state index < -0.39 is 25.5 Å². The summed E-state index contributed by atoms with van der Waals surface area (Å²) in [7, 11) is 16.7. The van der Waals surface area contributed by atoms with Gasteiger partial charge in [-0.3, -0.25) is 10.0 Å². The maximum Gasteiger partial charge on any atom is 0.516 e. The summed E-state index contributed by atoms with van der Waals surface area (Å²) in [6, 6.07) is 0. The van der Waals surface area contributed by atoms with Crippen LogP contribution in [0.3, 0.4) is 0 Å². The van der Waals surface area contributed by atoms with E-state index in [1.807, 2.05) is 5.79 Å². The lowest BCUT2D eigenvalue weighted by Crippen LogP contribution is -2.02. The molecular weight excluding hydrogens is 316 g/mol. The van der Waals surface area contributed by atoms with Gasteiger partial charge in [-0.25, -0.2) is 20.1 Å². The van der Waals surface area contributed by atoms with Gasteiger partial charge in [-0.15, -0.1) is 0 Å². The Balaban J connectivity index is 0. The van der Waals surface area contributed by atoms with Gasteiger partial charge in [0.2, 0.25) is 0 Å². The average Bonchev–Trinajstić information content (AvgIpc) is 2.30. The second-order valence-electron chi connectivity index (χ2n) is 4.81. The molecule has 0 atom stereocenters. The second-order valence-corrected chi connectivity index (χ2v) is 14.7. The third-order valence-electron chi connectivity index (χ3n) is 2.74.